The van der Waals surface area contributed by atoms with Crippen LogP contribution in [0.25, 0.3) is 0 Å². The van der Waals surface area contributed by atoms with E-state index in [1.807, 2.05) is 19.1 Å². The molecule has 87 valence electrons. The second-order valence-electron chi connectivity index (χ2n) is 4.11. The standard InChI is InChI=1S/C12H16NO2S/c1-11-5-7-12(8-6-11)16(14,15)13-9-3-2-4-10-13/h5-9H,2-4,10H2,1H3. The van der Waals surface area contributed by atoms with Crippen molar-refractivity contribution >= 4 is 10.0 Å². The van der Waals surface area contributed by atoms with E-state index in [2.05, 4.69) is 0 Å². The Hall–Kier alpha value is -0.870. The number of piperidine rings is 1. The summed E-state index contributed by atoms with van der Waals surface area (Å²) in [5, 5.41) is 0. The SMILES string of the molecule is Cc1ccc(S(=O)(=O)N2[CH]CCCC2)cc1. The summed E-state index contributed by atoms with van der Waals surface area (Å²) in [5.74, 6) is 0. The van der Waals surface area contributed by atoms with E-state index in [9.17, 15) is 8.42 Å². The summed E-state index contributed by atoms with van der Waals surface area (Å²) in [4.78, 5) is 0.385. The first-order valence-electron chi connectivity index (χ1n) is 5.52. The number of nitrogens with zero attached hydrogens (tertiary/aromatic N) is 1. The Morgan fingerprint density at radius 2 is 1.81 bits per heavy atom. The predicted octanol–water partition coefficient (Wildman–Crippen LogP) is 2.33. The molecule has 0 aliphatic carbocycles. The molecule has 1 radical (unpaired) electrons. The van der Waals surface area contributed by atoms with Crippen molar-refractivity contribution in [1.82, 2.24) is 4.31 Å². The van der Waals surface area contributed by atoms with Crippen LogP contribution in [-0.2, 0) is 10.0 Å². The molecular weight excluding hydrogens is 222 g/mol. The number of hydrogen-bond acceptors (Lipinski definition) is 2. The van der Waals surface area contributed by atoms with Gasteiger partial charge < -0.3 is 0 Å². The van der Waals surface area contributed by atoms with E-state index in [0.717, 1.165) is 24.8 Å². The molecule has 1 aliphatic rings. The normalized spacial score (nSPS) is 18.6. The van der Waals surface area contributed by atoms with E-state index in [4.69, 9.17) is 0 Å². The van der Waals surface area contributed by atoms with Gasteiger partial charge in [-0.25, -0.2) is 8.42 Å². The summed E-state index contributed by atoms with van der Waals surface area (Å²) < 4.78 is 25.9. The van der Waals surface area contributed by atoms with Crippen LogP contribution in [0.4, 0.5) is 0 Å². The van der Waals surface area contributed by atoms with Gasteiger partial charge in [-0.2, -0.15) is 4.31 Å². The van der Waals surface area contributed by atoms with Gasteiger partial charge in [-0.3, -0.25) is 0 Å². The molecule has 4 heteroatoms. The molecule has 1 saturated heterocycles. The first-order valence-corrected chi connectivity index (χ1v) is 6.96. The van der Waals surface area contributed by atoms with Gasteiger partial charge in [0.15, 0.2) is 0 Å². The zero-order chi connectivity index (χ0) is 11.6. The van der Waals surface area contributed by atoms with Crippen LogP contribution in [0.3, 0.4) is 0 Å². The van der Waals surface area contributed by atoms with Gasteiger partial charge in [0.25, 0.3) is 0 Å². The lowest BCUT2D eigenvalue weighted by atomic mass is 10.2. The molecule has 1 aromatic carbocycles. The van der Waals surface area contributed by atoms with Gasteiger partial charge in [-0.05, 0) is 31.9 Å². The van der Waals surface area contributed by atoms with E-state index in [1.54, 1.807) is 18.7 Å². The van der Waals surface area contributed by atoms with Crippen LogP contribution in [0.2, 0.25) is 0 Å². The number of benzene rings is 1. The fourth-order valence-electron chi connectivity index (χ4n) is 1.80. The molecule has 0 N–H and O–H groups in total. The summed E-state index contributed by atoms with van der Waals surface area (Å²) in [5.41, 5.74) is 1.07. The van der Waals surface area contributed by atoms with Crippen LogP contribution in [0.1, 0.15) is 24.8 Å². The molecule has 0 unspecified atom stereocenters. The minimum atomic E-state index is -3.30. The molecule has 1 aromatic rings. The first kappa shape index (κ1) is 11.6. The summed E-state index contributed by atoms with van der Waals surface area (Å²) >= 11 is 0. The van der Waals surface area contributed by atoms with Gasteiger partial charge in [-0.1, -0.05) is 24.1 Å². The molecule has 0 spiro atoms. The molecule has 3 nitrogen and oxygen atoms in total. The molecule has 0 amide bonds. The Labute approximate surface area is 97.1 Å². The molecule has 0 saturated carbocycles. The van der Waals surface area contributed by atoms with Crippen LogP contribution >= 0.6 is 0 Å². The van der Waals surface area contributed by atoms with Gasteiger partial charge in [0.1, 0.15) is 0 Å². The first-order chi connectivity index (χ1) is 7.60. The molecule has 2 rings (SSSR count). The van der Waals surface area contributed by atoms with E-state index in [-0.39, 0.29) is 0 Å². The highest BCUT2D eigenvalue weighted by molar-refractivity contribution is 7.89. The fourth-order valence-corrected chi connectivity index (χ4v) is 3.22. The summed E-state index contributed by atoms with van der Waals surface area (Å²) in [7, 11) is -3.30. The molecule has 16 heavy (non-hydrogen) atoms. The van der Waals surface area contributed by atoms with Crippen LogP contribution in [0, 0.1) is 13.5 Å². The minimum absolute atomic E-state index is 0.385. The van der Waals surface area contributed by atoms with Crippen molar-refractivity contribution in [3.05, 3.63) is 36.4 Å². The van der Waals surface area contributed by atoms with Crippen LogP contribution in [0.15, 0.2) is 29.2 Å². The van der Waals surface area contributed by atoms with Crippen molar-refractivity contribution < 1.29 is 8.42 Å². The third kappa shape index (κ3) is 2.28. The number of sulfonamides is 1. The van der Waals surface area contributed by atoms with Crippen molar-refractivity contribution in [2.24, 2.45) is 0 Å². The van der Waals surface area contributed by atoms with Crippen LogP contribution < -0.4 is 0 Å². The lowest BCUT2D eigenvalue weighted by Gasteiger charge is -2.25. The fraction of sp³-hybridized carbons (Fsp3) is 0.417. The van der Waals surface area contributed by atoms with Crippen molar-refractivity contribution in [3.63, 3.8) is 0 Å². The smallest absolute Gasteiger partial charge is 0.207 e. The number of hydrogen-bond donors (Lipinski definition) is 0. The monoisotopic (exact) mass is 238 g/mol. The van der Waals surface area contributed by atoms with Crippen molar-refractivity contribution in [1.29, 1.82) is 0 Å². The zero-order valence-corrected chi connectivity index (χ0v) is 10.2. The Morgan fingerprint density at radius 1 is 1.12 bits per heavy atom. The van der Waals surface area contributed by atoms with Crippen molar-refractivity contribution in [3.8, 4) is 0 Å². The third-order valence-electron chi connectivity index (χ3n) is 2.79. The van der Waals surface area contributed by atoms with E-state index >= 15 is 0 Å². The largest absolute Gasteiger partial charge is 0.243 e. The van der Waals surface area contributed by atoms with E-state index in [0.29, 0.717) is 11.4 Å². The minimum Gasteiger partial charge on any atom is -0.207 e. The zero-order valence-electron chi connectivity index (χ0n) is 9.39. The summed E-state index contributed by atoms with van der Waals surface area (Å²) in [6.07, 6.45) is 2.88. The van der Waals surface area contributed by atoms with Gasteiger partial charge >= 0.3 is 0 Å². The Balaban J connectivity index is 2.27. The highest BCUT2D eigenvalue weighted by atomic mass is 32.2. The number of rotatable bonds is 2. The lowest BCUT2D eigenvalue weighted by molar-refractivity contribution is 0.400. The Kier molecular flexibility index (Phi) is 3.30. The molecule has 1 aliphatic heterocycles. The average Bonchev–Trinajstić information content (AvgIpc) is 2.31. The highest BCUT2D eigenvalue weighted by Crippen LogP contribution is 2.22. The molecular formula is C12H16NO2S. The van der Waals surface area contributed by atoms with E-state index in [1.165, 1.54) is 4.31 Å². The van der Waals surface area contributed by atoms with E-state index < -0.39 is 10.0 Å². The second-order valence-corrected chi connectivity index (χ2v) is 6.00. The van der Waals surface area contributed by atoms with Crippen molar-refractivity contribution in [2.75, 3.05) is 6.54 Å². The maximum Gasteiger partial charge on any atom is 0.243 e. The quantitative estimate of drug-likeness (QED) is 0.793. The molecule has 0 atom stereocenters. The van der Waals surface area contributed by atoms with Gasteiger partial charge in [0.05, 0.1) is 4.90 Å². The lowest BCUT2D eigenvalue weighted by Crippen LogP contribution is -2.32. The van der Waals surface area contributed by atoms with Crippen LogP contribution in [0.5, 0.6) is 0 Å². The predicted molar refractivity (Wildman–Crippen MR) is 63.2 cm³/mol. The molecule has 0 bridgehead atoms. The maximum atomic E-state index is 12.2. The molecule has 1 fully saturated rings. The summed E-state index contributed by atoms with van der Waals surface area (Å²) in [6, 6.07) is 7.01. The topological polar surface area (TPSA) is 37.4 Å². The Morgan fingerprint density at radius 3 is 2.38 bits per heavy atom. The molecule has 1 heterocycles. The van der Waals surface area contributed by atoms with Gasteiger partial charge in [-0.15, -0.1) is 0 Å². The van der Waals surface area contributed by atoms with Crippen molar-refractivity contribution in [2.45, 2.75) is 31.1 Å². The molecule has 0 aromatic heterocycles. The summed E-state index contributed by atoms with van der Waals surface area (Å²) in [6.45, 7) is 4.35. The number of aryl methyl sites for hydroxylation is 1. The van der Waals surface area contributed by atoms with Gasteiger partial charge in [0, 0.05) is 13.1 Å². The maximum absolute atomic E-state index is 12.2. The third-order valence-corrected chi connectivity index (χ3v) is 4.61. The average molecular weight is 238 g/mol. The highest BCUT2D eigenvalue weighted by Gasteiger charge is 2.25. The van der Waals surface area contributed by atoms with Gasteiger partial charge in [0.2, 0.25) is 10.0 Å². The Bertz CT molecular complexity index is 444. The second kappa shape index (κ2) is 4.55. The van der Waals surface area contributed by atoms with Crippen LogP contribution in [-0.4, -0.2) is 19.3 Å².